The van der Waals surface area contributed by atoms with Crippen LogP contribution in [0.3, 0.4) is 0 Å². The summed E-state index contributed by atoms with van der Waals surface area (Å²) < 4.78 is 5.14. The minimum Gasteiger partial charge on any atom is -0.497 e. The number of aryl methyl sites for hydroxylation is 1. The topological polar surface area (TPSA) is 47.0 Å². The fourth-order valence-electron chi connectivity index (χ4n) is 1.44. The van der Waals surface area contributed by atoms with Crippen molar-refractivity contribution >= 4 is 23.1 Å². The van der Waals surface area contributed by atoms with Gasteiger partial charge >= 0.3 is 0 Å². The van der Waals surface area contributed by atoms with Crippen LogP contribution in [0, 0.1) is 6.92 Å². The first-order valence-electron chi connectivity index (χ1n) is 5.08. The van der Waals surface area contributed by atoms with E-state index in [0.29, 0.717) is 11.0 Å². The van der Waals surface area contributed by atoms with Gasteiger partial charge in [-0.1, -0.05) is 11.6 Å². The molecule has 5 heteroatoms. The Balaban J connectivity index is 2.24. The molecule has 0 atom stereocenters. The minimum absolute atomic E-state index is 0.411. The lowest BCUT2D eigenvalue weighted by molar-refractivity contribution is 0.414. The monoisotopic (exact) mass is 249 g/mol. The van der Waals surface area contributed by atoms with Crippen molar-refractivity contribution in [2.24, 2.45) is 0 Å². The second kappa shape index (κ2) is 5.01. The van der Waals surface area contributed by atoms with Crippen LogP contribution in [-0.4, -0.2) is 17.1 Å². The number of aromatic nitrogens is 2. The quantitative estimate of drug-likeness (QED) is 0.849. The number of rotatable bonds is 3. The third-order valence-electron chi connectivity index (χ3n) is 2.33. The van der Waals surface area contributed by atoms with Crippen LogP contribution in [0.5, 0.6) is 5.75 Å². The van der Waals surface area contributed by atoms with Gasteiger partial charge in [0.15, 0.2) is 0 Å². The summed E-state index contributed by atoms with van der Waals surface area (Å²) in [6, 6.07) is 7.44. The molecule has 0 unspecified atom stereocenters. The van der Waals surface area contributed by atoms with Gasteiger partial charge in [-0.3, -0.25) is 0 Å². The second-order valence-corrected chi connectivity index (χ2v) is 3.92. The van der Waals surface area contributed by atoms with Crippen LogP contribution in [0.15, 0.2) is 30.6 Å². The maximum absolute atomic E-state index is 5.79. The van der Waals surface area contributed by atoms with E-state index in [1.54, 1.807) is 13.2 Å². The van der Waals surface area contributed by atoms with E-state index in [0.717, 1.165) is 17.0 Å². The average molecular weight is 250 g/mol. The van der Waals surface area contributed by atoms with Gasteiger partial charge in [0.2, 0.25) is 0 Å². The van der Waals surface area contributed by atoms with Crippen molar-refractivity contribution in [2.75, 3.05) is 12.4 Å². The zero-order chi connectivity index (χ0) is 12.3. The molecule has 0 saturated heterocycles. The van der Waals surface area contributed by atoms with Crippen molar-refractivity contribution in [3.8, 4) is 5.75 Å². The van der Waals surface area contributed by atoms with Crippen LogP contribution in [0.25, 0.3) is 0 Å². The van der Waals surface area contributed by atoms with Crippen molar-refractivity contribution in [3.05, 3.63) is 41.3 Å². The number of hydrogen-bond acceptors (Lipinski definition) is 4. The van der Waals surface area contributed by atoms with Gasteiger partial charge < -0.3 is 10.1 Å². The van der Waals surface area contributed by atoms with Gasteiger partial charge in [-0.15, -0.1) is 0 Å². The van der Waals surface area contributed by atoms with Gasteiger partial charge in [-0.2, -0.15) is 0 Å². The van der Waals surface area contributed by atoms with E-state index in [1.807, 2.05) is 25.1 Å². The number of halogens is 1. The highest BCUT2D eigenvalue weighted by molar-refractivity contribution is 6.29. The number of nitrogens with one attached hydrogen (secondary N) is 1. The molecule has 1 heterocycles. The number of methoxy groups -OCH3 is 1. The molecule has 0 spiro atoms. The molecule has 1 N–H and O–H groups in total. The van der Waals surface area contributed by atoms with Gasteiger partial charge in [-0.25, -0.2) is 9.97 Å². The minimum atomic E-state index is 0.411. The van der Waals surface area contributed by atoms with Crippen LogP contribution >= 0.6 is 11.6 Å². The average Bonchev–Trinajstić information content (AvgIpc) is 2.32. The van der Waals surface area contributed by atoms with Crippen molar-refractivity contribution in [1.82, 2.24) is 9.97 Å². The van der Waals surface area contributed by atoms with E-state index in [4.69, 9.17) is 16.3 Å². The molecular formula is C12H12ClN3O. The van der Waals surface area contributed by atoms with Crippen molar-refractivity contribution in [1.29, 1.82) is 0 Å². The summed E-state index contributed by atoms with van der Waals surface area (Å²) >= 11 is 5.79. The van der Waals surface area contributed by atoms with Crippen molar-refractivity contribution in [3.63, 3.8) is 0 Å². The smallest absolute Gasteiger partial charge is 0.135 e. The maximum Gasteiger partial charge on any atom is 0.135 e. The van der Waals surface area contributed by atoms with Crippen LogP contribution in [0.1, 0.15) is 5.56 Å². The summed E-state index contributed by atoms with van der Waals surface area (Å²) in [4.78, 5) is 7.91. The van der Waals surface area contributed by atoms with Gasteiger partial charge in [0.1, 0.15) is 23.0 Å². The summed E-state index contributed by atoms with van der Waals surface area (Å²) in [6.07, 6.45) is 1.42. The van der Waals surface area contributed by atoms with Crippen molar-refractivity contribution < 1.29 is 4.74 Å². The highest BCUT2D eigenvalue weighted by Crippen LogP contribution is 2.24. The molecule has 0 aliphatic carbocycles. The predicted molar refractivity (Wildman–Crippen MR) is 68.1 cm³/mol. The second-order valence-electron chi connectivity index (χ2n) is 3.53. The Labute approximate surface area is 105 Å². The summed E-state index contributed by atoms with van der Waals surface area (Å²) in [5.41, 5.74) is 2.03. The van der Waals surface area contributed by atoms with Crippen molar-refractivity contribution in [2.45, 2.75) is 6.92 Å². The molecule has 4 nitrogen and oxygen atoms in total. The largest absolute Gasteiger partial charge is 0.497 e. The van der Waals surface area contributed by atoms with E-state index in [9.17, 15) is 0 Å². The van der Waals surface area contributed by atoms with E-state index in [1.165, 1.54) is 6.33 Å². The van der Waals surface area contributed by atoms with Crippen LogP contribution in [0.4, 0.5) is 11.5 Å². The molecule has 0 radical (unpaired) electrons. The summed E-state index contributed by atoms with van der Waals surface area (Å²) in [5.74, 6) is 1.49. The van der Waals surface area contributed by atoms with E-state index in [-0.39, 0.29) is 0 Å². The zero-order valence-electron chi connectivity index (χ0n) is 9.57. The first-order chi connectivity index (χ1) is 8.19. The van der Waals surface area contributed by atoms with E-state index >= 15 is 0 Å². The van der Waals surface area contributed by atoms with Crippen LogP contribution < -0.4 is 10.1 Å². The standard InChI is InChI=1S/C12H12ClN3O/c1-8-5-9(17-2)3-4-10(8)16-12-6-11(13)14-7-15-12/h3-7H,1-2H3,(H,14,15,16). The lowest BCUT2D eigenvalue weighted by Crippen LogP contribution is -1.96. The molecular weight excluding hydrogens is 238 g/mol. The van der Waals surface area contributed by atoms with Gasteiger partial charge in [0.25, 0.3) is 0 Å². The zero-order valence-corrected chi connectivity index (χ0v) is 10.3. The number of ether oxygens (including phenoxy) is 1. The Morgan fingerprint density at radius 3 is 2.71 bits per heavy atom. The summed E-state index contributed by atoms with van der Waals surface area (Å²) in [5, 5.41) is 3.58. The normalized spacial score (nSPS) is 10.1. The molecule has 0 saturated carbocycles. The van der Waals surface area contributed by atoms with Gasteiger partial charge in [0, 0.05) is 11.8 Å². The lowest BCUT2D eigenvalue weighted by Gasteiger charge is -2.10. The third-order valence-corrected chi connectivity index (χ3v) is 2.54. The molecule has 1 aromatic carbocycles. The molecule has 2 aromatic rings. The number of benzene rings is 1. The Bertz CT molecular complexity index is 531. The molecule has 2 rings (SSSR count). The molecule has 17 heavy (non-hydrogen) atoms. The fraction of sp³-hybridized carbons (Fsp3) is 0.167. The van der Waals surface area contributed by atoms with Crippen LogP contribution in [0.2, 0.25) is 5.15 Å². The predicted octanol–water partition coefficient (Wildman–Crippen LogP) is 3.19. The first-order valence-corrected chi connectivity index (χ1v) is 5.46. The Kier molecular flexibility index (Phi) is 3.44. The highest BCUT2D eigenvalue weighted by atomic mass is 35.5. The van der Waals surface area contributed by atoms with Crippen LogP contribution in [-0.2, 0) is 0 Å². The molecule has 0 fully saturated rings. The fourth-order valence-corrected chi connectivity index (χ4v) is 1.59. The SMILES string of the molecule is COc1ccc(Nc2cc(Cl)ncn2)c(C)c1. The molecule has 0 aliphatic rings. The number of anilines is 2. The Hall–Kier alpha value is -1.81. The molecule has 88 valence electrons. The highest BCUT2D eigenvalue weighted by Gasteiger charge is 2.02. The molecule has 0 bridgehead atoms. The summed E-state index contributed by atoms with van der Waals surface area (Å²) in [6.45, 7) is 1.99. The maximum atomic E-state index is 5.79. The van der Waals surface area contributed by atoms with E-state index < -0.39 is 0 Å². The molecule has 1 aromatic heterocycles. The lowest BCUT2D eigenvalue weighted by atomic mass is 10.2. The summed E-state index contributed by atoms with van der Waals surface area (Å²) in [7, 11) is 1.64. The number of nitrogens with zero attached hydrogens (tertiary/aromatic N) is 2. The van der Waals surface area contributed by atoms with Gasteiger partial charge in [-0.05, 0) is 30.7 Å². The number of hydrogen-bond donors (Lipinski definition) is 1. The third kappa shape index (κ3) is 2.85. The molecule has 0 amide bonds. The Morgan fingerprint density at radius 1 is 1.24 bits per heavy atom. The van der Waals surface area contributed by atoms with E-state index in [2.05, 4.69) is 15.3 Å². The first kappa shape index (κ1) is 11.7. The Morgan fingerprint density at radius 2 is 2.06 bits per heavy atom. The van der Waals surface area contributed by atoms with Gasteiger partial charge in [0.05, 0.1) is 7.11 Å². The molecule has 0 aliphatic heterocycles.